The maximum atomic E-state index is 12.6. The van der Waals surface area contributed by atoms with Gasteiger partial charge in [-0.05, 0) is 17.7 Å². The molecule has 0 bridgehead atoms. The van der Waals surface area contributed by atoms with E-state index in [4.69, 9.17) is 11.6 Å². The number of nitrogens with zero attached hydrogens (tertiary/aromatic N) is 1. The lowest BCUT2D eigenvalue weighted by Gasteiger charge is -2.14. The second-order valence-corrected chi connectivity index (χ2v) is 4.04. The summed E-state index contributed by atoms with van der Waals surface area (Å²) in [4.78, 5) is 14.2. The summed E-state index contributed by atoms with van der Waals surface area (Å²) < 4.78 is 64.9. The smallest absolute Gasteiger partial charge is 0.387 e. The summed E-state index contributed by atoms with van der Waals surface area (Å²) >= 11 is 8.00. The Labute approximate surface area is 116 Å². The number of aromatic nitrogens is 1. The Balaban J connectivity index is 3.40. The Morgan fingerprint density at radius 3 is 2.42 bits per heavy atom. The predicted octanol–water partition coefficient (Wildman–Crippen LogP) is 4.19. The molecule has 106 valence electrons. The number of hydrogen-bond donors (Lipinski definition) is 0. The van der Waals surface area contributed by atoms with Crippen molar-refractivity contribution >= 4 is 32.8 Å². The van der Waals surface area contributed by atoms with Crippen LogP contribution in [0.5, 0.6) is 5.88 Å². The maximum Gasteiger partial charge on any atom is 0.574 e. The minimum absolute atomic E-state index is 0.154. The van der Waals surface area contributed by atoms with E-state index < -0.39 is 35.0 Å². The zero-order valence-corrected chi connectivity index (χ0v) is 11.1. The molecule has 0 radical (unpaired) electrons. The minimum atomic E-state index is -5.17. The van der Waals surface area contributed by atoms with Crippen LogP contribution in [0.25, 0.3) is 0 Å². The Kier molecular flexibility index (Phi) is 5.08. The Hall–Kier alpha value is -0.960. The summed E-state index contributed by atoms with van der Waals surface area (Å²) in [5.41, 5.74) is -1.81. The van der Waals surface area contributed by atoms with Crippen molar-refractivity contribution in [1.29, 1.82) is 0 Å². The third-order valence-corrected chi connectivity index (χ3v) is 2.61. The first-order valence-electron chi connectivity index (χ1n) is 4.49. The van der Waals surface area contributed by atoms with E-state index in [1.807, 2.05) is 0 Å². The summed E-state index contributed by atoms with van der Waals surface area (Å²) in [5, 5.41) is -1.26. The van der Waals surface area contributed by atoms with Crippen LogP contribution in [-0.4, -0.2) is 16.6 Å². The van der Waals surface area contributed by atoms with E-state index in [-0.39, 0.29) is 11.0 Å². The zero-order valence-electron chi connectivity index (χ0n) is 8.77. The summed E-state index contributed by atoms with van der Waals surface area (Å²) in [6.07, 6.45) is -8.48. The van der Waals surface area contributed by atoms with Crippen LogP contribution in [0.2, 0.25) is 0 Å². The molecule has 1 heterocycles. The molecule has 1 aromatic heterocycles. The van der Waals surface area contributed by atoms with Gasteiger partial charge in [-0.3, -0.25) is 4.79 Å². The minimum Gasteiger partial charge on any atom is -0.387 e. The highest BCUT2D eigenvalue weighted by Crippen LogP contribution is 2.33. The third kappa shape index (κ3) is 4.27. The van der Waals surface area contributed by atoms with Gasteiger partial charge in [0.15, 0.2) is 0 Å². The molecule has 1 rings (SSSR count). The summed E-state index contributed by atoms with van der Waals surface area (Å²) in [6, 6.07) is 0.532. The number of pyridine rings is 1. The van der Waals surface area contributed by atoms with Crippen LogP contribution in [0.1, 0.15) is 28.0 Å². The van der Waals surface area contributed by atoms with Gasteiger partial charge in [0.2, 0.25) is 5.88 Å². The Morgan fingerprint density at radius 2 is 2.05 bits per heavy atom. The molecule has 0 saturated heterocycles. The molecule has 0 saturated carbocycles. The third-order valence-electron chi connectivity index (χ3n) is 1.88. The van der Waals surface area contributed by atoms with Crippen LogP contribution in [0.3, 0.4) is 0 Å². The molecule has 19 heavy (non-hydrogen) atoms. The van der Waals surface area contributed by atoms with Crippen LogP contribution in [-0.2, 0) is 5.33 Å². The Morgan fingerprint density at radius 1 is 1.47 bits per heavy atom. The van der Waals surface area contributed by atoms with E-state index in [1.165, 1.54) is 0 Å². The average Bonchev–Trinajstić information content (AvgIpc) is 2.25. The van der Waals surface area contributed by atoms with Crippen molar-refractivity contribution in [3.8, 4) is 5.88 Å². The number of halogens is 7. The van der Waals surface area contributed by atoms with Gasteiger partial charge in [-0.1, -0.05) is 15.9 Å². The molecule has 0 N–H and O–H groups in total. The molecule has 0 aromatic carbocycles. The first-order valence-corrected chi connectivity index (χ1v) is 5.99. The van der Waals surface area contributed by atoms with E-state index in [1.54, 1.807) is 0 Å². The van der Waals surface area contributed by atoms with Crippen LogP contribution in [0.4, 0.5) is 22.0 Å². The van der Waals surface area contributed by atoms with Gasteiger partial charge in [0.05, 0.1) is 16.8 Å². The van der Waals surface area contributed by atoms with Crippen molar-refractivity contribution in [3.05, 3.63) is 22.9 Å². The van der Waals surface area contributed by atoms with Crippen molar-refractivity contribution in [3.63, 3.8) is 0 Å². The molecule has 3 nitrogen and oxygen atoms in total. The number of ether oxygens (including phenoxy) is 1. The molecule has 10 heteroatoms. The lowest BCUT2D eigenvalue weighted by atomic mass is 10.1. The molecule has 1 aromatic rings. The van der Waals surface area contributed by atoms with Crippen LogP contribution < -0.4 is 4.74 Å². The number of hydrogen-bond acceptors (Lipinski definition) is 3. The molecule has 0 spiro atoms. The van der Waals surface area contributed by atoms with Crippen LogP contribution >= 0.6 is 27.5 Å². The second kappa shape index (κ2) is 6.00. The highest BCUT2D eigenvalue weighted by Gasteiger charge is 2.35. The summed E-state index contributed by atoms with van der Waals surface area (Å²) in [5.74, 6) is -1.31. The monoisotopic (exact) mass is 367 g/mol. The fourth-order valence-electron chi connectivity index (χ4n) is 1.17. The fraction of sp³-hybridized carbons (Fsp3) is 0.333. The topological polar surface area (TPSA) is 39.2 Å². The van der Waals surface area contributed by atoms with Crippen molar-refractivity contribution in [2.75, 3.05) is 0 Å². The van der Waals surface area contributed by atoms with Gasteiger partial charge < -0.3 is 4.74 Å². The van der Waals surface area contributed by atoms with Crippen molar-refractivity contribution < 1.29 is 31.5 Å². The molecule has 0 aliphatic heterocycles. The van der Waals surface area contributed by atoms with Gasteiger partial charge in [-0.25, -0.2) is 13.8 Å². The highest BCUT2D eigenvalue weighted by molar-refractivity contribution is 9.08. The van der Waals surface area contributed by atoms with Crippen molar-refractivity contribution in [2.45, 2.75) is 18.1 Å². The standard InChI is InChI=1S/C9H4BrClF5NO2/c10-2-5-3(6(11)18)1-4(7(12)13)8(17-5)19-9(14,15)16/h1,7H,2H2. The quantitative estimate of drug-likeness (QED) is 0.454. The summed E-state index contributed by atoms with van der Waals surface area (Å²) in [6.45, 7) is 0. The Bertz CT molecular complexity index is 494. The first kappa shape index (κ1) is 16.1. The molecule has 0 amide bonds. The molecule has 0 unspecified atom stereocenters. The second-order valence-electron chi connectivity index (χ2n) is 3.13. The largest absolute Gasteiger partial charge is 0.574 e. The highest BCUT2D eigenvalue weighted by atomic mass is 79.9. The number of rotatable bonds is 4. The van der Waals surface area contributed by atoms with Gasteiger partial charge in [0.1, 0.15) is 0 Å². The molecule has 0 aliphatic rings. The normalized spacial score (nSPS) is 11.8. The first-order chi connectivity index (χ1) is 8.65. The van der Waals surface area contributed by atoms with Crippen molar-refractivity contribution in [1.82, 2.24) is 4.98 Å². The van der Waals surface area contributed by atoms with E-state index in [0.29, 0.717) is 6.07 Å². The van der Waals surface area contributed by atoms with Crippen LogP contribution in [0.15, 0.2) is 6.07 Å². The van der Waals surface area contributed by atoms with Crippen molar-refractivity contribution in [2.24, 2.45) is 0 Å². The SMILES string of the molecule is O=C(Cl)c1cc(C(F)F)c(OC(F)(F)F)nc1CBr. The van der Waals surface area contributed by atoms with E-state index in [0.717, 1.165) is 0 Å². The molecular weight excluding hydrogens is 364 g/mol. The number of carbonyl (C=O) groups excluding carboxylic acids is 1. The lowest BCUT2D eigenvalue weighted by molar-refractivity contribution is -0.276. The van der Waals surface area contributed by atoms with Gasteiger partial charge in [0, 0.05) is 5.33 Å². The fourth-order valence-corrected chi connectivity index (χ4v) is 1.76. The van der Waals surface area contributed by atoms with Gasteiger partial charge >= 0.3 is 6.36 Å². The molecular formula is C9H4BrClF5NO2. The molecule has 0 aliphatic carbocycles. The zero-order chi connectivity index (χ0) is 14.8. The maximum absolute atomic E-state index is 12.6. The number of carbonyl (C=O) groups is 1. The average molecular weight is 368 g/mol. The molecule has 0 atom stereocenters. The van der Waals surface area contributed by atoms with E-state index in [2.05, 4.69) is 25.7 Å². The predicted molar refractivity (Wildman–Crippen MR) is 58.7 cm³/mol. The summed E-state index contributed by atoms with van der Waals surface area (Å²) in [7, 11) is 0. The van der Waals surface area contributed by atoms with Gasteiger partial charge in [-0.2, -0.15) is 0 Å². The molecule has 0 fully saturated rings. The van der Waals surface area contributed by atoms with Gasteiger partial charge in [0.25, 0.3) is 11.7 Å². The number of alkyl halides is 6. The van der Waals surface area contributed by atoms with E-state index >= 15 is 0 Å². The van der Waals surface area contributed by atoms with E-state index in [9.17, 15) is 26.7 Å². The van der Waals surface area contributed by atoms with Crippen LogP contribution in [0, 0.1) is 0 Å². The lowest BCUT2D eigenvalue weighted by Crippen LogP contribution is -2.20. The van der Waals surface area contributed by atoms with Gasteiger partial charge in [-0.15, -0.1) is 13.2 Å².